The van der Waals surface area contributed by atoms with Crippen molar-refractivity contribution in [3.05, 3.63) is 18.0 Å². The smallest absolute Gasteiger partial charge is 0.208 e. The number of hydrogen-bond donors (Lipinski definition) is 1. The zero-order chi connectivity index (χ0) is 9.68. The van der Waals surface area contributed by atoms with Gasteiger partial charge < -0.3 is 10.5 Å². The fraction of sp³-hybridized carbons (Fsp3) is 0.500. The van der Waals surface area contributed by atoms with Crippen molar-refractivity contribution < 1.29 is 9.53 Å². The van der Waals surface area contributed by atoms with E-state index in [-0.39, 0.29) is 12.4 Å². The van der Waals surface area contributed by atoms with Gasteiger partial charge in [-0.05, 0) is 6.07 Å². The van der Waals surface area contributed by atoms with Crippen molar-refractivity contribution in [2.24, 2.45) is 12.8 Å². The van der Waals surface area contributed by atoms with Gasteiger partial charge in [-0.1, -0.05) is 0 Å². The highest BCUT2D eigenvalue weighted by Crippen LogP contribution is 1.95. The van der Waals surface area contributed by atoms with Crippen LogP contribution in [-0.2, 0) is 11.8 Å². The van der Waals surface area contributed by atoms with Crippen LogP contribution in [0.4, 0.5) is 0 Å². The summed E-state index contributed by atoms with van der Waals surface area (Å²) in [5.74, 6) is -0.117. The van der Waals surface area contributed by atoms with E-state index in [2.05, 4.69) is 5.10 Å². The molecular weight excluding hydrogens is 170 g/mol. The second-order valence-electron chi connectivity index (χ2n) is 2.64. The summed E-state index contributed by atoms with van der Waals surface area (Å²) in [5.41, 5.74) is 5.63. The Morgan fingerprint density at radius 2 is 2.54 bits per heavy atom. The average molecular weight is 183 g/mol. The molecule has 0 fully saturated rings. The van der Waals surface area contributed by atoms with Crippen molar-refractivity contribution in [1.82, 2.24) is 9.78 Å². The molecule has 0 saturated heterocycles. The van der Waals surface area contributed by atoms with E-state index in [9.17, 15) is 4.79 Å². The highest BCUT2D eigenvalue weighted by atomic mass is 16.5. The Morgan fingerprint density at radius 1 is 1.77 bits per heavy atom. The Kier molecular flexibility index (Phi) is 3.60. The van der Waals surface area contributed by atoms with E-state index in [0.717, 1.165) is 0 Å². The van der Waals surface area contributed by atoms with Crippen LogP contribution in [0.15, 0.2) is 12.3 Å². The lowest BCUT2D eigenvalue weighted by Crippen LogP contribution is -2.15. The van der Waals surface area contributed by atoms with Crippen molar-refractivity contribution in [2.75, 3.05) is 19.8 Å². The molecule has 0 saturated carbocycles. The monoisotopic (exact) mass is 183 g/mol. The molecule has 0 atom stereocenters. The van der Waals surface area contributed by atoms with Crippen LogP contribution in [0.3, 0.4) is 0 Å². The molecule has 5 heteroatoms. The molecule has 1 heterocycles. The topological polar surface area (TPSA) is 70.1 Å². The Morgan fingerprint density at radius 3 is 3.08 bits per heavy atom. The molecule has 0 aliphatic carbocycles. The van der Waals surface area contributed by atoms with Gasteiger partial charge in [-0.3, -0.25) is 9.48 Å². The SMILES string of the molecule is Cn1ccc(C(=O)COCCN)n1. The highest BCUT2D eigenvalue weighted by molar-refractivity contribution is 5.95. The average Bonchev–Trinajstić information content (AvgIpc) is 2.52. The minimum Gasteiger partial charge on any atom is -0.372 e. The first-order valence-corrected chi connectivity index (χ1v) is 4.04. The van der Waals surface area contributed by atoms with Crippen LogP contribution in [0.1, 0.15) is 10.5 Å². The summed E-state index contributed by atoms with van der Waals surface area (Å²) in [6, 6.07) is 1.66. The lowest BCUT2D eigenvalue weighted by molar-refractivity contribution is 0.0768. The maximum atomic E-state index is 11.3. The summed E-state index contributed by atoms with van der Waals surface area (Å²) in [4.78, 5) is 11.3. The number of nitrogens with zero attached hydrogens (tertiary/aromatic N) is 2. The number of aromatic nitrogens is 2. The maximum absolute atomic E-state index is 11.3. The van der Waals surface area contributed by atoms with Gasteiger partial charge in [-0.2, -0.15) is 5.10 Å². The quantitative estimate of drug-likeness (QED) is 0.497. The van der Waals surface area contributed by atoms with Gasteiger partial charge in [0.1, 0.15) is 12.3 Å². The zero-order valence-electron chi connectivity index (χ0n) is 7.56. The van der Waals surface area contributed by atoms with Crippen molar-refractivity contribution in [3.63, 3.8) is 0 Å². The van der Waals surface area contributed by atoms with Crippen molar-refractivity contribution in [2.45, 2.75) is 0 Å². The second kappa shape index (κ2) is 4.74. The van der Waals surface area contributed by atoms with E-state index in [1.54, 1.807) is 24.0 Å². The van der Waals surface area contributed by atoms with Crippen LogP contribution >= 0.6 is 0 Å². The summed E-state index contributed by atoms with van der Waals surface area (Å²) in [7, 11) is 1.76. The lowest BCUT2D eigenvalue weighted by atomic mass is 10.3. The van der Waals surface area contributed by atoms with E-state index in [4.69, 9.17) is 10.5 Å². The Labute approximate surface area is 76.5 Å². The zero-order valence-corrected chi connectivity index (χ0v) is 7.56. The Balaban J connectivity index is 2.40. The number of Topliss-reactive ketones (excluding diaryl/α,β-unsaturated/α-hetero) is 1. The number of aryl methyl sites for hydroxylation is 1. The van der Waals surface area contributed by atoms with E-state index >= 15 is 0 Å². The molecule has 1 aromatic rings. The molecule has 0 amide bonds. The van der Waals surface area contributed by atoms with Gasteiger partial charge in [0, 0.05) is 19.8 Å². The van der Waals surface area contributed by atoms with E-state index < -0.39 is 0 Å². The molecule has 0 aliphatic rings. The van der Waals surface area contributed by atoms with Crippen LogP contribution in [0.2, 0.25) is 0 Å². The summed E-state index contributed by atoms with van der Waals surface area (Å²) < 4.78 is 6.56. The number of carbonyl (C=O) groups is 1. The fourth-order valence-corrected chi connectivity index (χ4v) is 0.886. The highest BCUT2D eigenvalue weighted by Gasteiger charge is 2.07. The van der Waals surface area contributed by atoms with Crippen molar-refractivity contribution in [3.8, 4) is 0 Å². The molecule has 72 valence electrons. The molecule has 0 unspecified atom stereocenters. The van der Waals surface area contributed by atoms with Crippen LogP contribution in [-0.4, -0.2) is 35.3 Å². The van der Waals surface area contributed by atoms with E-state index in [0.29, 0.717) is 18.8 Å². The maximum Gasteiger partial charge on any atom is 0.208 e. The van der Waals surface area contributed by atoms with Gasteiger partial charge in [0.15, 0.2) is 0 Å². The molecule has 0 bridgehead atoms. The first kappa shape index (κ1) is 9.88. The molecule has 0 aromatic carbocycles. The molecule has 1 aromatic heterocycles. The summed E-state index contributed by atoms with van der Waals surface area (Å²) in [6.07, 6.45) is 1.72. The normalized spacial score (nSPS) is 10.3. The first-order valence-electron chi connectivity index (χ1n) is 4.04. The number of carbonyl (C=O) groups excluding carboxylic acids is 1. The number of ketones is 1. The third-order valence-corrected chi connectivity index (χ3v) is 1.49. The molecule has 0 spiro atoms. The number of ether oxygens (including phenoxy) is 1. The predicted octanol–water partition coefficient (Wildman–Crippen LogP) is -0.422. The van der Waals surface area contributed by atoms with Crippen LogP contribution < -0.4 is 5.73 Å². The van der Waals surface area contributed by atoms with Crippen molar-refractivity contribution >= 4 is 5.78 Å². The molecule has 2 N–H and O–H groups in total. The second-order valence-corrected chi connectivity index (χ2v) is 2.64. The largest absolute Gasteiger partial charge is 0.372 e. The molecule has 5 nitrogen and oxygen atoms in total. The summed E-state index contributed by atoms with van der Waals surface area (Å²) in [6.45, 7) is 0.877. The molecular formula is C8H13N3O2. The summed E-state index contributed by atoms with van der Waals surface area (Å²) in [5, 5.41) is 3.95. The third kappa shape index (κ3) is 2.96. The Hall–Kier alpha value is -1.20. The standard InChI is InChI=1S/C8H13N3O2/c1-11-4-2-7(10-11)8(12)6-13-5-3-9/h2,4H,3,5-6,9H2,1H3. The number of nitrogens with two attached hydrogens (primary N) is 1. The van der Waals surface area contributed by atoms with Gasteiger partial charge in [0.05, 0.1) is 6.61 Å². The van der Waals surface area contributed by atoms with Gasteiger partial charge in [0.2, 0.25) is 5.78 Å². The minimum atomic E-state index is -0.117. The van der Waals surface area contributed by atoms with Gasteiger partial charge in [0.25, 0.3) is 0 Å². The van der Waals surface area contributed by atoms with Gasteiger partial charge in [-0.25, -0.2) is 0 Å². The van der Waals surface area contributed by atoms with E-state index in [1.165, 1.54) is 0 Å². The van der Waals surface area contributed by atoms with E-state index in [1.807, 2.05) is 0 Å². The van der Waals surface area contributed by atoms with Crippen LogP contribution in [0.25, 0.3) is 0 Å². The number of rotatable bonds is 5. The first-order chi connectivity index (χ1) is 6.24. The number of hydrogen-bond acceptors (Lipinski definition) is 4. The van der Waals surface area contributed by atoms with Gasteiger partial charge >= 0.3 is 0 Å². The van der Waals surface area contributed by atoms with Gasteiger partial charge in [-0.15, -0.1) is 0 Å². The van der Waals surface area contributed by atoms with Crippen LogP contribution in [0.5, 0.6) is 0 Å². The molecule has 1 rings (SSSR count). The lowest BCUT2D eigenvalue weighted by Gasteiger charge is -1.98. The minimum absolute atomic E-state index is 0.0498. The van der Waals surface area contributed by atoms with Crippen LogP contribution in [0, 0.1) is 0 Å². The third-order valence-electron chi connectivity index (χ3n) is 1.49. The van der Waals surface area contributed by atoms with Crippen molar-refractivity contribution in [1.29, 1.82) is 0 Å². The summed E-state index contributed by atoms with van der Waals surface area (Å²) >= 11 is 0. The fourth-order valence-electron chi connectivity index (χ4n) is 0.886. The Bertz CT molecular complexity index is 283. The molecule has 13 heavy (non-hydrogen) atoms. The predicted molar refractivity (Wildman–Crippen MR) is 47.4 cm³/mol. The molecule has 0 aliphatic heterocycles. The molecule has 0 radical (unpaired) electrons.